The Morgan fingerprint density at radius 2 is 1.89 bits per heavy atom. The summed E-state index contributed by atoms with van der Waals surface area (Å²) in [4.78, 5) is 4.38. The molecule has 1 aliphatic carbocycles. The van der Waals surface area contributed by atoms with Crippen LogP contribution in [-0.4, -0.2) is 57.2 Å². The van der Waals surface area contributed by atoms with E-state index < -0.39 is 10.0 Å². The van der Waals surface area contributed by atoms with Gasteiger partial charge in [-0.25, -0.2) is 12.7 Å². The topological polar surface area (TPSA) is 73.8 Å². The van der Waals surface area contributed by atoms with Crippen LogP contribution in [0.3, 0.4) is 0 Å². The van der Waals surface area contributed by atoms with Crippen molar-refractivity contribution in [1.82, 2.24) is 14.9 Å². The minimum atomic E-state index is -3.08. The Labute approximate surface area is 169 Å². The molecule has 7 heteroatoms. The molecule has 0 unspecified atom stereocenters. The lowest BCUT2D eigenvalue weighted by molar-refractivity contribution is 0.305. The molecule has 0 radical (unpaired) electrons. The van der Waals surface area contributed by atoms with Gasteiger partial charge in [-0.05, 0) is 49.5 Å². The Morgan fingerprint density at radius 1 is 1.21 bits per heavy atom. The van der Waals surface area contributed by atoms with Crippen molar-refractivity contribution in [2.24, 2.45) is 10.4 Å². The average molecular weight is 407 g/mol. The molecule has 2 fully saturated rings. The van der Waals surface area contributed by atoms with E-state index in [1.807, 2.05) is 6.92 Å². The number of hydrogen-bond acceptors (Lipinski definition) is 3. The zero-order valence-corrected chi connectivity index (χ0v) is 18.0. The van der Waals surface area contributed by atoms with E-state index in [-0.39, 0.29) is 11.8 Å². The van der Waals surface area contributed by atoms with Gasteiger partial charge in [0.05, 0.1) is 5.75 Å². The number of rotatable bonds is 8. The lowest BCUT2D eigenvalue weighted by Crippen LogP contribution is -2.50. The highest BCUT2D eigenvalue weighted by atomic mass is 32.2. The van der Waals surface area contributed by atoms with Gasteiger partial charge in [0.2, 0.25) is 10.0 Å². The second-order valence-corrected chi connectivity index (χ2v) is 10.3. The van der Waals surface area contributed by atoms with Gasteiger partial charge >= 0.3 is 0 Å². The van der Waals surface area contributed by atoms with Crippen molar-refractivity contribution in [3.63, 3.8) is 0 Å². The van der Waals surface area contributed by atoms with Crippen LogP contribution in [0, 0.1) is 5.41 Å². The standard InChI is InChI=1S/C21H34N4O2S/c1-3-15-28(26,27)25-13-9-19(10-14-25)24-20(22-2)23-17-21(11-12-21)16-18-7-5-4-6-8-18/h4-8,19H,3,9-17H2,1-2H3,(H2,22,23,24). The molecule has 0 amide bonds. The van der Waals surface area contributed by atoms with Crippen molar-refractivity contribution in [3.05, 3.63) is 35.9 Å². The highest BCUT2D eigenvalue weighted by Crippen LogP contribution is 2.47. The third-order valence-electron chi connectivity index (χ3n) is 5.88. The Morgan fingerprint density at radius 3 is 2.46 bits per heavy atom. The number of aliphatic imine (C=N–C) groups is 1. The van der Waals surface area contributed by atoms with E-state index in [9.17, 15) is 8.42 Å². The predicted molar refractivity (Wildman–Crippen MR) is 115 cm³/mol. The van der Waals surface area contributed by atoms with Crippen molar-refractivity contribution < 1.29 is 8.42 Å². The molecule has 3 rings (SSSR count). The first-order valence-corrected chi connectivity index (χ1v) is 12.1. The van der Waals surface area contributed by atoms with Crippen molar-refractivity contribution in [1.29, 1.82) is 0 Å². The van der Waals surface area contributed by atoms with Gasteiger partial charge in [0, 0.05) is 32.7 Å². The van der Waals surface area contributed by atoms with Crippen LogP contribution in [-0.2, 0) is 16.4 Å². The van der Waals surface area contributed by atoms with E-state index in [1.165, 1.54) is 18.4 Å². The molecule has 1 saturated heterocycles. The maximum atomic E-state index is 12.2. The molecule has 1 heterocycles. The summed E-state index contributed by atoms with van der Waals surface area (Å²) in [6.07, 6.45) is 5.91. The molecule has 0 spiro atoms. The minimum Gasteiger partial charge on any atom is -0.356 e. The molecule has 156 valence electrons. The smallest absolute Gasteiger partial charge is 0.214 e. The lowest BCUT2D eigenvalue weighted by atomic mass is 9.96. The lowest BCUT2D eigenvalue weighted by Gasteiger charge is -2.32. The number of sulfonamides is 1. The van der Waals surface area contributed by atoms with E-state index in [0.717, 1.165) is 31.8 Å². The summed E-state index contributed by atoms with van der Waals surface area (Å²) in [7, 11) is -1.28. The van der Waals surface area contributed by atoms with E-state index in [1.54, 1.807) is 11.4 Å². The number of hydrogen-bond donors (Lipinski definition) is 2. The molecular formula is C21H34N4O2S. The van der Waals surface area contributed by atoms with E-state index in [2.05, 4.69) is 46.0 Å². The van der Waals surface area contributed by atoms with Crippen LogP contribution < -0.4 is 10.6 Å². The number of piperidine rings is 1. The van der Waals surface area contributed by atoms with Gasteiger partial charge in [-0.3, -0.25) is 4.99 Å². The fraction of sp³-hybridized carbons (Fsp3) is 0.667. The summed E-state index contributed by atoms with van der Waals surface area (Å²) in [6.45, 7) is 4.01. The summed E-state index contributed by atoms with van der Waals surface area (Å²) < 4.78 is 26.1. The largest absolute Gasteiger partial charge is 0.356 e. The monoisotopic (exact) mass is 406 g/mol. The summed E-state index contributed by atoms with van der Waals surface area (Å²) in [5.41, 5.74) is 1.74. The van der Waals surface area contributed by atoms with Crippen LogP contribution in [0.2, 0.25) is 0 Å². The van der Waals surface area contributed by atoms with Gasteiger partial charge in [-0.15, -0.1) is 0 Å². The molecule has 1 saturated carbocycles. The Balaban J connectivity index is 1.44. The maximum Gasteiger partial charge on any atom is 0.214 e. The summed E-state index contributed by atoms with van der Waals surface area (Å²) >= 11 is 0. The van der Waals surface area contributed by atoms with Gasteiger partial charge in [-0.1, -0.05) is 37.3 Å². The quantitative estimate of drug-likeness (QED) is 0.513. The van der Waals surface area contributed by atoms with Gasteiger partial charge in [0.25, 0.3) is 0 Å². The number of guanidine groups is 1. The molecule has 6 nitrogen and oxygen atoms in total. The Hall–Kier alpha value is -1.60. The fourth-order valence-electron chi connectivity index (χ4n) is 3.95. The average Bonchev–Trinajstić information content (AvgIpc) is 3.46. The van der Waals surface area contributed by atoms with E-state index in [4.69, 9.17) is 0 Å². The zero-order valence-electron chi connectivity index (χ0n) is 17.2. The van der Waals surface area contributed by atoms with Crippen molar-refractivity contribution in [3.8, 4) is 0 Å². The van der Waals surface area contributed by atoms with Crippen LogP contribution in [0.4, 0.5) is 0 Å². The number of nitrogens with zero attached hydrogens (tertiary/aromatic N) is 2. The van der Waals surface area contributed by atoms with Gasteiger partial charge in [0.15, 0.2) is 5.96 Å². The first kappa shape index (κ1) is 21.1. The third-order valence-corrected chi connectivity index (χ3v) is 7.96. The van der Waals surface area contributed by atoms with Crippen LogP contribution in [0.25, 0.3) is 0 Å². The molecule has 0 atom stereocenters. The van der Waals surface area contributed by atoms with Crippen LogP contribution in [0.15, 0.2) is 35.3 Å². The SMILES string of the molecule is CCCS(=O)(=O)N1CCC(NC(=NC)NCC2(Cc3ccccc3)CC2)CC1. The molecule has 1 aromatic carbocycles. The van der Waals surface area contributed by atoms with Crippen molar-refractivity contribution in [2.45, 2.75) is 51.5 Å². The molecule has 0 aromatic heterocycles. The molecule has 2 N–H and O–H groups in total. The molecular weight excluding hydrogens is 372 g/mol. The summed E-state index contributed by atoms with van der Waals surface area (Å²) in [5, 5.41) is 7.00. The van der Waals surface area contributed by atoms with Crippen LogP contribution in [0.5, 0.6) is 0 Å². The first-order valence-electron chi connectivity index (χ1n) is 10.5. The fourth-order valence-corrected chi connectivity index (χ4v) is 5.49. The molecule has 28 heavy (non-hydrogen) atoms. The maximum absolute atomic E-state index is 12.2. The zero-order chi connectivity index (χ0) is 20.0. The number of benzene rings is 1. The third kappa shape index (κ3) is 5.70. The molecule has 2 aliphatic rings. The second kappa shape index (κ2) is 9.27. The van der Waals surface area contributed by atoms with Crippen LogP contribution >= 0.6 is 0 Å². The van der Waals surface area contributed by atoms with Gasteiger partial charge < -0.3 is 10.6 Å². The normalized spacial score (nSPS) is 20.7. The molecule has 1 aromatic rings. The van der Waals surface area contributed by atoms with Gasteiger partial charge in [0.1, 0.15) is 0 Å². The predicted octanol–water partition coefficient (Wildman–Crippen LogP) is 2.38. The van der Waals surface area contributed by atoms with E-state index in [0.29, 0.717) is 24.9 Å². The minimum absolute atomic E-state index is 0.248. The van der Waals surface area contributed by atoms with Crippen molar-refractivity contribution in [2.75, 3.05) is 32.4 Å². The Kier molecular flexibility index (Phi) is 6.99. The second-order valence-electron chi connectivity index (χ2n) is 8.22. The summed E-state index contributed by atoms with van der Waals surface area (Å²) in [5.74, 6) is 1.08. The Bertz CT molecular complexity index is 752. The van der Waals surface area contributed by atoms with Crippen molar-refractivity contribution >= 4 is 16.0 Å². The number of nitrogens with one attached hydrogen (secondary N) is 2. The highest BCUT2D eigenvalue weighted by Gasteiger charge is 2.42. The van der Waals surface area contributed by atoms with Crippen LogP contribution in [0.1, 0.15) is 44.6 Å². The van der Waals surface area contributed by atoms with Gasteiger partial charge in [-0.2, -0.15) is 0 Å². The highest BCUT2D eigenvalue weighted by molar-refractivity contribution is 7.89. The first-order chi connectivity index (χ1) is 13.5. The van der Waals surface area contributed by atoms with E-state index >= 15 is 0 Å². The molecule has 0 bridgehead atoms. The molecule has 1 aliphatic heterocycles. The summed E-state index contributed by atoms with van der Waals surface area (Å²) in [6, 6.07) is 10.9.